The largest absolute Gasteiger partial charge is 0.444 e. The molecular formula is C15H12ClN3O4. The molecule has 0 aliphatic rings. The number of oxazole rings is 1. The van der Waals surface area contributed by atoms with Crippen LogP contribution in [0, 0.1) is 6.92 Å². The third-order valence-corrected chi connectivity index (χ3v) is 3.49. The number of aryl methyl sites for hydroxylation is 1. The lowest BCUT2D eigenvalue weighted by Crippen LogP contribution is -2.15. The first-order valence-corrected chi connectivity index (χ1v) is 7.02. The number of furan rings is 1. The lowest BCUT2D eigenvalue weighted by molar-refractivity contribution is 0.0974. The monoisotopic (exact) mass is 333 g/mol. The van der Waals surface area contributed by atoms with Crippen LogP contribution in [0.3, 0.4) is 0 Å². The molecule has 2 heterocycles. The van der Waals surface area contributed by atoms with Crippen molar-refractivity contribution in [3.8, 4) is 0 Å². The summed E-state index contributed by atoms with van der Waals surface area (Å²) in [5, 5.41) is 3.25. The fourth-order valence-corrected chi connectivity index (χ4v) is 2.51. The first kappa shape index (κ1) is 15.1. The van der Waals surface area contributed by atoms with Gasteiger partial charge in [0.1, 0.15) is 16.8 Å². The molecule has 0 bridgehead atoms. The molecule has 7 nitrogen and oxygen atoms in total. The zero-order valence-corrected chi connectivity index (χ0v) is 13.0. The van der Waals surface area contributed by atoms with Crippen LogP contribution in [-0.2, 0) is 0 Å². The van der Waals surface area contributed by atoms with Crippen LogP contribution in [0.2, 0.25) is 5.02 Å². The Hall–Kier alpha value is -2.80. The molecule has 3 aromatic rings. The second-order valence-corrected chi connectivity index (χ2v) is 5.35. The fraction of sp³-hybridized carbons (Fsp3) is 0.133. The number of aromatic nitrogens is 1. The topological polar surface area (TPSA) is 111 Å². The number of nitrogens with zero attached hydrogens (tertiary/aromatic N) is 1. The smallest absolute Gasteiger partial charge is 0.302 e. The summed E-state index contributed by atoms with van der Waals surface area (Å²) in [4.78, 5) is 27.5. The molecule has 0 atom stereocenters. The van der Waals surface area contributed by atoms with E-state index in [-0.39, 0.29) is 34.6 Å². The zero-order chi connectivity index (χ0) is 16.7. The van der Waals surface area contributed by atoms with Crippen molar-refractivity contribution in [1.29, 1.82) is 0 Å². The van der Waals surface area contributed by atoms with E-state index in [4.69, 9.17) is 26.2 Å². The number of nitrogens with one attached hydrogen (secondary N) is 1. The molecule has 23 heavy (non-hydrogen) atoms. The molecule has 2 aromatic heterocycles. The summed E-state index contributed by atoms with van der Waals surface area (Å²) in [5.41, 5.74) is 6.51. The summed E-state index contributed by atoms with van der Waals surface area (Å²) in [6, 6.07) is 5.06. The number of anilines is 2. The maximum Gasteiger partial charge on any atom is 0.302 e. The van der Waals surface area contributed by atoms with E-state index in [0.717, 1.165) is 0 Å². The second kappa shape index (κ2) is 5.44. The highest BCUT2D eigenvalue weighted by molar-refractivity contribution is 6.31. The number of benzene rings is 1. The number of primary amides is 1. The molecule has 0 radical (unpaired) electrons. The average molecular weight is 334 g/mol. The number of ketones is 1. The molecule has 0 saturated carbocycles. The van der Waals surface area contributed by atoms with Crippen molar-refractivity contribution in [2.24, 2.45) is 5.73 Å². The van der Waals surface area contributed by atoms with Gasteiger partial charge in [-0.05, 0) is 32.0 Å². The van der Waals surface area contributed by atoms with Crippen LogP contribution >= 0.6 is 11.6 Å². The van der Waals surface area contributed by atoms with E-state index in [0.29, 0.717) is 16.1 Å². The molecule has 1 aromatic carbocycles. The molecule has 0 aliphatic carbocycles. The van der Waals surface area contributed by atoms with Gasteiger partial charge in [0.2, 0.25) is 5.88 Å². The summed E-state index contributed by atoms with van der Waals surface area (Å²) < 4.78 is 10.9. The molecular weight excluding hydrogens is 322 g/mol. The Morgan fingerprint density at radius 3 is 2.65 bits per heavy atom. The van der Waals surface area contributed by atoms with Crippen LogP contribution in [0.4, 0.5) is 11.9 Å². The van der Waals surface area contributed by atoms with Gasteiger partial charge in [-0.1, -0.05) is 11.6 Å². The first-order valence-electron chi connectivity index (χ1n) is 6.64. The Morgan fingerprint density at radius 2 is 2.00 bits per heavy atom. The Morgan fingerprint density at radius 1 is 1.26 bits per heavy atom. The number of Topliss-reactive ketones (excluding diaryl/α,β-unsaturated/α-hetero) is 1. The summed E-state index contributed by atoms with van der Waals surface area (Å²) in [6.45, 7) is 2.90. The number of carbonyl (C=O) groups is 2. The summed E-state index contributed by atoms with van der Waals surface area (Å²) in [6.07, 6.45) is 0. The van der Waals surface area contributed by atoms with Crippen LogP contribution in [0.25, 0.3) is 11.1 Å². The number of hydrogen-bond donors (Lipinski definition) is 2. The van der Waals surface area contributed by atoms with Crippen molar-refractivity contribution in [3.63, 3.8) is 0 Å². The Labute approximate surface area is 135 Å². The number of rotatable bonds is 4. The maximum absolute atomic E-state index is 11.7. The highest BCUT2D eigenvalue weighted by atomic mass is 35.5. The van der Waals surface area contributed by atoms with Crippen LogP contribution in [-0.4, -0.2) is 16.7 Å². The first-order chi connectivity index (χ1) is 10.9. The Bertz CT molecular complexity index is 942. The lowest BCUT2D eigenvalue weighted by atomic mass is 10.1. The van der Waals surface area contributed by atoms with Crippen molar-refractivity contribution in [1.82, 2.24) is 4.98 Å². The van der Waals surface area contributed by atoms with Crippen molar-refractivity contribution in [2.75, 3.05) is 5.32 Å². The van der Waals surface area contributed by atoms with Crippen molar-refractivity contribution in [2.45, 2.75) is 13.8 Å². The van der Waals surface area contributed by atoms with Gasteiger partial charge in [0.15, 0.2) is 11.4 Å². The van der Waals surface area contributed by atoms with Crippen LogP contribution < -0.4 is 11.1 Å². The van der Waals surface area contributed by atoms with Gasteiger partial charge in [-0.2, -0.15) is 4.98 Å². The minimum Gasteiger partial charge on any atom is -0.444 e. The van der Waals surface area contributed by atoms with Crippen LogP contribution in [0.15, 0.2) is 27.0 Å². The Kier molecular flexibility index (Phi) is 3.57. The van der Waals surface area contributed by atoms with E-state index in [2.05, 4.69) is 10.3 Å². The highest BCUT2D eigenvalue weighted by Gasteiger charge is 2.26. The van der Waals surface area contributed by atoms with E-state index in [1.807, 2.05) is 0 Å². The normalized spacial score (nSPS) is 10.9. The van der Waals surface area contributed by atoms with Gasteiger partial charge in [0, 0.05) is 5.02 Å². The number of halogens is 1. The van der Waals surface area contributed by atoms with E-state index in [1.165, 1.54) is 6.92 Å². The zero-order valence-electron chi connectivity index (χ0n) is 12.3. The van der Waals surface area contributed by atoms with E-state index in [1.54, 1.807) is 25.1 Å². The Balaban J connectivity index is 2.06. The van der Waals surface area contributed by atoms with Crippen molar-refractivity contribution >= 4 is 46.3 Å². The number of carbonyl (C=O) groups excluding carboxylic acids is 2. The SMILES string of the molecule is CC(=O)c1c(C)oc(Nc2nc3cc(Cl)ccc3o2)c1C(N)=O. The quantitative estimate of drug-likeness (QED) is 0.707. The van der Waals surface area contributed by atoms with Crippen LogP contribution in [0.1, 0.15) is 33.4 Å². The van der Waals surface area contributed by atoms with Gasteiger partial charge in [-0.25, -0.2) is 0 Å². The molecule has 118 valence electrons. The minimum absolute atomic E-state index is 0.0119. The van der Waals surface area contributed by atoms with Crippen molar-refractivity contribution in [3.05, 3.63) is 40.1 Å². The predicted molar refractivity (Wildman–Crippen MR) is 84.3 cm³/mol. The molecule has 0 fully saturated rings. The average Bonchev–Trinajstić information content (AvgIpc) is 2.98. The number of nitrogens with two attached hydrogens (primary N) is 1. The summed E-state index contributed by atoms with van der Waals surface area (Å²) >= 11 is 5.89. The molecule has 0 aliphatic heterocycles. The number of fused-ring (bicyclic) bond motifs is 1. The number of hydrogen-bond acceptors (Lipinski definition) is 6. The van der Waals surface area contributed by atoms with E-state index < -0.39 is 5.91 Å². The molecule has 1 amide bonds. The highest BCUT2D eigenvalue weighted by Crippen LogP contribution is 2.31. The third-order valence-electron chi connectivity index (χ3n) is 3.25. The fourth-order valence-electron chi connectivity index (χ4n) is 2.34. The molecule has 0 saturated heterocycles. The molecule has 0 spiro atoms. The maximum atomic E-state index is 11.7. The minimum atomic E-state index is -0.784. The van der Waals surface area contributed by atoms with Gasteiger partial charge >= 0.3 is 6.01 Å². The summed E-state index contributed by atoms with van der Waals surface area (Å²) in [7, 11) is 0. The molecule has 8 heteroatoms. The van der Waals surface area contributed by atoms with Gasteiger partial charge in [-0.3, -0.25) is 14.9 Å². The third kappa shape index (κ3) is 2.66. The predicted octanol–water partition coefficient (Wildman–Crippen LogP) is 3.43. The standard InChI is InChI=1S/C15H12ClN3O4/c1-6(20)11-7(2)22-14(12(11)13(17)21)19-15-18-9-5-8(16)3-4-10(9)23-15/h3-5H,1-2H3,(H2,17,21)(H,18,19). The second-order valence-electron chi connectivity index (χ2n) is 4.91. The van der Waals surface area contributed by atoms with E-state index >= 15 is 0 Å². The number of amides is 1. The molecule has 0 unspecified atom stereocenters. The van der Waals surface area contributed by atoms with Crippen LogP contribution in [0.5, 0.6) is 0 Å². The van der Waals surface area contributed by atoms with Gasteiger partial charge in [0.25, 0.3) is 5.91 Å². The van der Waals surface area contributed by atoms with Gasteiger partial charge in [0.05, 0.1) is 5.56 Å². The van der Waals surface area contributed by atoms with Gasteiger partial charge < -0.3 is 14.6 Å². The summed E-state index contributed by atoms with van der Waals surface area (Å²) in [5.74, 6) is -0.808. The van der Waals surface area contributed by atoms with Gasteiger partial charge in [-0.15, -0.1) is 0 Å². The lowest BCUT2D eigenvalue weighted by Gasteiger charge is -2.00. The molecule has 3 N–H and O–H groups in total. The molecule has 3 rings (SSSR count). The van der Waals surface area contributed by atoms with Crippen molar-refractivity contribution < 1.29 is 18.4 Å². The van der Waals surface area contributed by atoms with E-state index in [9.17, 15) is 9.59 Å².